The van der Waals surface area contributed by atoms with Crippen LogP contribution < -0.4 is 9.64 Å². The number of aromatic nitrogens is 3. The van der Waals surface area contributed by atoms with E-state index in [2.05, 4.69) is 122 Å². The fourth-order valence-corrected chi connectivity index (χ4v) is 3.89. The molecule has 0 bridgehead atoms. The van der Waals surface area contributed by atoms with Gasteiger partial charge in [-0.2, -0.15) is 4.98 Å². The maximum Gasteiger partial charge on any atom is 0.410 e. The molecule has 2 aromatic heterocycles. The minimum atomic E-state index is -0.606. The molecule has 3 heterocycles. The van der Waals surface area contributed by atoms with E-state index in [1.807, 2.05) is 25.7 Å². The molecular formula is C38H30ClN5O4. The van der Waals surface area contributed by atoms with Gasteiger partial charge in [-0.05, 0) is 141 Å². The lowest BCUT2D eigenvalue weighted by molar-refractivity contribution is 0.00700. The number of halogens is 1. The van der Waals surface area contributed by atoms with E-state index < -0.39 is 17.7 Å². The molecule has 1 saturated heterocycles. The SMILES string of the molecule is CC#CC#CC#CC#CC#CC#CC#CC#CC#CC.COc1cncc2nc(Cl)nc(N3CCN(C(=O)OC(C)(C)C)[C@@H](CO)C3)c12. The van der Waals surface area contributed by atoms with Gasteiger partial charge in [0.2, 0.25) is 5.28 Å². The number of rotatable bonds is 3. The van der Waals surface area contributed by atoms with Gasteiger partial charge in [0, 0.05) is 19.6 Å². The molecule has 10 heteroatoms. The molecule has 238 valence electrons. The number of ether oxygens (including phenoxy) is 2. The lowest BCUT2D eigenvalue weighted by atomic mass is 10.1. The highest BCUT2D eigenvalue weighted by molar-refractivity contribution is 6.29. The van der Waals surface area contributed by atoms with Crippen LogP contribution in [0.3, 0.4) is 0 Å². The number of carbonyl (C=O) groups excluding carboxylic acids is 1. The second-order valence-corrected chi connectivity index (χ2v) is 10.3. The maximum atomic E-state index is 12.5. The Kier molecular flexibility index (Phi) is 16.3. The second-order valence-electron chi connectivity index (χ2n) is 10.0. The van der Waals surface area contributed by atoms with Gasteiger partial charge in [-0.15, -0.1) is 0 Å². The summed E-state index contributed by atoms with van der Waals surface area (Å²) < 4.78 is 10.9. The van der Waals surface area contributed by atoms with Gasteiger partial charge in [0.05, 0.1) is 43.1 Å². The summed E-state index contributed by atoms with van der Waals surface area (Å²) in [5.74, 6) is 46.7. The molecule has 1 atom stereocenters. The Morgan fingerprint density at radius 1 is 0.854 bits per heavy atom. The number of aliphatic hydroxyl groups excluding tert-OH is 1. The van der Waals surface area contributed by atoms with Crippen molar-refractivity contribution >= 4 is 34.4 Å². The van der Waals surface area contributed by atoms with E-state index in [9.17, 15) is 9.90 Å². The number of hydrogen-bond acceptors (Lipinski definition) is 8. The summed E-state index contributed by atoms with van der Waals surface area (Å²) in [6, 6.07) is -0.444. The lowest BCUT2D eigenvalue weighted by Crippen LogP contribution is -2.57. The zero-order valence-corrected chi connectivity index (χ0v) is 28.1. The molecule has 48 heavy (non-hydrogen) atoms. The molecule has 2 aromatic rings. The molecule has 0 radical (unpaired) electrons. The highest BCUT2D eigenvalue weighted by Gasteiger charge is 2.34. The maximum absolute atomic E-state index is 12.5. The molecule has 1 aliphatic heterocycles. The molecule has 0 spiro atoms. The number of amides is 1. The molecule has 0 unspecified atom stereocenters. The van der Waals surface area contributed by atoms with Crippen molar-refractivity contribution in [2.24, 2.45) is 0 Å². The number of fused-ring (bicyclic) bond motifs is 1. The van der Waals surface area contributed by atoms with Crippen molar-refractivity contribution in [2.45, 2.75) is 46.3 Å². The number of anilines is 1. The van der Waals surface area contributed by atoms with Crippen LogP contribution in [0.15, 0.2) is 12.4 Å². The number of pyridine rings is 1. The van der Waals surface area contributed by atoms with Crippen LogP contribution in [0.25, 0.3) is 10.9 Å². The van der Waals surface area contributed by atoms with Crippen molar-refractivity contribution in [3.8, 4) is 112 Å². The largest absolute Gasteiger partial charge is 0.494 e. The van der Waals surface area contributed by atoms with E-state index in [4.69, 9.17) is 21.1 Å². The summed E-state index contributed by atoms with van der Waals surface area (Å²) >= 11 is 6.11. The van der Waals surface area contributed by atoms with E-state index >= 15 is 0 Å². The van der Waals surface area contributed by atoms with Crippen molar-refractivity contribution in [1.82, 2.24) is 19.9 Å². The third kappa shape index (κ3) is 13.3. The average molecular weight is 656 g/mol. The molecule has 1 N–H and O–H groups in total. The molecule has 3 rings (SSSR count). The van der Waals surface area contributed by atoms with E-state index in [1.165, 1.54) is 0 Å². The summed E-state index contributed by atoms with van der Waals surface area (Å²) in [7, 11) is 1.55. The smallest absolute Gasteiger partial charge is 0.410 e. The highest BCUT2D eigenvalue weighted by atomic mass is 35.5. The van der Waals surface area contributed by atoms with Crippen LogP contribution in [-0.2, 0) is 4.74 Å². The summed E-state index contributed by atoms with van der Waals surface area (Å²) in [6.45, 7) is 9.86. The van der Waals surface area contributed by atoms with Gasteiger partial charge in [0.1, 0.15) is 17.2 Å². The van der Waals surface area contributed by atoms with Gasteiger partial charge in [0.15, 0.2) is 0 Å². The van der Waals surface area contributed by atoms with Gasteiger partial charge in [-0.25, -0.2) is 9.78 Å². The van der Waals surface area contributed by atoms with Crippen LogP contribution >= 0.6 is 11.6 Å². The Morgan fingerprint density at radius 3 is 1.79 bits per heavy atom. The van der Waals surface area contributed by atoms with Crippen molar-refractivity contribution in [3.63, 3.8) is 0 Å². The second kappa shape index (κ2) is 20.6. The zero-order chi connectivity index (χ0) is 35.2. The Bertz CT molecular complexity index is 2010. The van der Waals surface area contributed by atoms with Gasteiger partial charge in [-0.1, -0.05) is 11.8 Å². The fraction of sp³-hybridized carbons (Fsp3) is 0.316. The van der Waals surface area contributed by atoms with Crippen molar-refractivity contribution < 1.29 is 19.4 Å². The molecular weight excluding hydrogens is 626 g/mol. The molecule has 1 amide bonds. The Balaban J connectivity index is 0.000000356. The number of methoxy groups -OCH3 is 1. The lowest BCUT2D eigenvalue weighted by Gasteiger charge is -2.41. The molecule has 0 saturated carbocycles. The van der Waals surface area contributed by atoms with Crippen molar-refractivity contribution in [2.75, 3.05) is 38.3 Å². The Labute approximate surface area is 287 Å². The first-order chi connectivity index (χ1) is 23.1. The average Bonchev–Trinajstić information content (AvgIpc) is 3.06. The van der Waals surface area contributed by atoms with Crippen molar-refractivity contribution in [3.05, 3.63) is 17.7 Å². The van der Waals surface area contributed by atoms with Gasteiger partial charge in [-0.3, -0.25) is 9.88 Å². The monoisotopic (exact) mass is 655 g/mol. The molecule has 1 aliphatic rings. The first-order valence-electron chi connectivity index (χ1n) is 14.2. The van der Waals surface area contributed by atoms with Crippen LogP contribution in [0.2, 0.25) is 5.28 Å². The van der Waals surface area contributed by atoms with Gasteiger partial charge < -0.3 is 19.5 Å². The number of piperazine rings is 1. The van der Waals surface area contributed by atoms with Gasteiger partial charge in [0.25, 0.3) is 0 Å². The van der Waals surface area contributed by atoms with Crippen LogP contribution in [0.1, 0.15) is 34.6 Å². The van der Waals surface area contributed by atoms with Crippen LogP contribution in [-0.4, -0.2) is 76.0 Å². The van der Waals surface area contributed by atoms with Crippen LogP contribution in [0.4, 0.5) is 10.6 Å². The quantitative estimate of drug-likeness (QED) is 0.398. The summed E-state index contributed by atoms with van der Waals surface area (Å²) in [5, 5.41) is 10.6. The predicted molar refractivity (Wildman–Crippen MR) is 186 cm³/mol. The normalized spacial score (nSPS) is 12.0. The first-order valence-corrected chi connectivity index (χ1v) is 14.6. The van der Waals surface area contributed by atoms with E-state index in [0.29, 0.717) is 42.1 Å². The molecule has 0 aliphatic carbocycles. The van der Waals surface area contributed by atoms with E-state index in [-0.39, 0.29) is 11.9 Å². The molecule has 9 nitrogen and oxygen atoms in total. The van der Waals surface area contributed by atoms with E-state index in [1.54, 1.807) is 38.3 Å². The Morgan fingerprint density at radius 2 is 1.35 bits per heavy atom. The summed E-state index contributed by atoms with van der Waals surface area (Å²) in [6.07, 6.45) is 2.73. The summed E-state index contributed by atoms with van der Waals surface area (Å²) in [4.78, 5) is 28.7. The zero-order valence-electron chi connectivity index (χ0n) is 27.3. The van der Waals surface area contributed by atoms with Crippen molar-refractivity contribution in [1.29, 1.82) is 0 Å². The van der Waals surface area contributed by atoms with Crippen LogP contribution in [0, 0.1) is 107 Å². The standard InChI is InChI=1S/C20H6.C18H24ClN5O4/c1-3-5-7-9-11-13-15-17-19-20-18-16-14-12-10-8-6-4-2;1-18(2,3)28-17(26)24-6-5-23(9-11(24)10-25)15-14-12(21-16(19)22-15)7-20-8-13(14)27-4/h1-2H3;7-8,11,25H,5-6,9-10H2,1-4H3/t;11-/m.1/s1. The number of nitrogens with zero attached hydrogens (tertiary/aromatic N) is 5. The number of aliphatic hydroxyl groups is 1. The number of hydrogen-bond donors (Lipinski definition) is 1. The third-order valence-electron chi connectivity index (χ3n) is 5.55. The van der Waals surface area contributed by atoms with Crippen LogP contribution in [0.5, 0.6) is 5.75 Å². The topological polar surface area (TPSA) is 101 Å². The highest BCUT2D eigenvalue weighted by Crippen LogP contribution is 2.33. The fourth-order valence-electron chi connectivity index (χ4n) is 3.72. The first kappa shape index (κ1) is 37.8. The predicted octanol–water partition coefficient (Wildman–Crippen LogP) is 3.16. The number of carbonyl (C=O) groups is 1. The van der Waals surface area contributed by atoms with E-state index in [0.717, 1.165) is 0 Å². The summed E-state index contributed by atoms with van der Waals surface area (Å²) in [5.41, 5.74) is -0.0465. The third-order valence-corrected chi connectivity index (χ3v) is 5.72. The Hall–Kier alpha value is -6.35. The minimum absolute atomic E-state index is 0.0904. The molecule has 1 fully saturated rings. The van der Waals surface area contributed by atoms with Gasteiger partial charge >= 0.3 is 6.09 Å². The minimum Gasteiger partial charge on any atom is -0.494 e. The molecule has 0 aromatic carbocycles.